The lowest BCUT2D eigenvalue weighted by Gasteiger charge is -2.28. The Morgan fingerprint density at radius 2 is 2.27 bits per heavy atom. The first-order chi connectivity index (χ1) is 7.16. The van der Waals surface area contributed by atoms with Gasteiger partial charge in [-0.3, -0.25) is 0 Å². The molecule has 1 N–H and O–H groups in total. The molecule has 82 valence electrons. The molecule has 0 spiro atoms. The summed E-state index contributed by atoms with van der Waals surface area (Å²) in [5.74, 6) is 2.01. The average Bonchev–Trinajstić information content (AvgIpc) is 2.20. The van der Waals surface area contributed by atoms with Crippen molar-refractivity contribution >= 4 is 23.4 Å². The largest absolute Gasteiger partial charge is 0.301 e. The number of hydrogen-bond acceptors (Lipinski definition) is 2. The van der Waals surface area contributed by atoms with E-state index in [2.05, 4.69) is 25.2 Å². The molecule has 0 bridgehead atoms. The number of aryl methyl sites for hydroxylation is 1. The SMILES string of the molecule is Cc1cc(Cl)ccc1C1NCC(C)CS1. The van der Waals surface area contributed by atoms with Gasteiger partial charge < -0.3 is 5.32 Å². The zero-order valence-corrected chi connectivity index (χ0v) is 10.7. The Hall–Kier alpha value is -0.180. The molecule has 2 atom stereocenters. The molecule has 3 heteroatoms. The molecule has 15 heavy (non-hydrogen) atoms. The van der Waals surface area contributed by atoms with E-state index in [-0.39, 0.29) is 0 Å². The van der Waals surface area contributed by atoms with Gasteiger partial charge >= 0.3 is 0 Å². The van der Waals surface area contributed by atoms with E-state index in [9.17, 15) is 0 Å². The fourth-order valence-corrected chi connectivity index (χ4v) is 3.34. The van der Waals surface area contributed by atoms with Crippen molar-refractivity contribution in [1.82, 2.24) is 5.32 Å². The Kier molecular flexibility index (Phi) is 3.60. The summed E-state index contributed by atoms with van der Waals surface area (Å²) < 4.78 is 0. The third kappa shape index (κ3) is 2.68. The van der Waals surface area contributed by atoms with Gasteiger partial charge in [-0.05, 0) is 48.4 Å². The second-order valence-corrected chi connectivity index (χ2v) is 5.80. The first-order valence-electron chi connectivity index (χ1n) is 5.28. The van der Waals surface area contributed by atoms with Gasteiger partial charge in [0.1, 0.15) is 0 Å². The van der Waals surface area contributed by atoms with Crippen molar-refractivity contribution in [1.29, 1.82) is 0 Å². The number of thioether (sulfide) groups is 1. The summed E-state index contributed by atoms with van der Waals surface area (Å²) in [6.07, 6.45) is 0. The summed E-state index contributed by atoms with van der Waals surface area (Å²) in [4.78, 5) is 0. The van der Waals surface area contributed by atoms with Gasteiger partial charge in [-0.1, -0.05) is 24.6 Å². The minimum Gasteiger partial charge on any atom is -0.301 e. The van der Waals surface area contributed by atoms with Crippen LogP contribution in [0.15, 0.2) is 18.2 Å². The fourth-order valence-electron chi connectivity index (χ4n) is 1.82. The zero-order valence-electron chi connectivity index (χ0n) is 9.09. The van der Waals surface area contributed by atoms with Gasteiger partial charge in [0.15, 0.2) is 0 Å². The number of rotatable bonds is 1. The van der Waals surface area contributed by atoms with E-state index in [1.165, 1.54) is 16.9 Å². The Morgan fingerprint density at radius 1 is 1.47 bits per heavy atom. The molecule has 0 saturated carbocycles. The van der Waals surface area contributed by atoms with Crippen LogP contribution in [0.1, 0.15) is 23.4 Å². The summed E-state index contributed by atoms with van der Waals surface area (Å²) in [6, 6.07) is 6.15. The van der Waals surface area contributed by atoms with E-state index in [0.29, 0.717) is 5.37 Å². The molecule has 1 fully saturated rings. The molecule has 0 aliphatic carbocycles. The van der Waals surface area contributed by atoms with E-state index in [4.69, 9.17) is 11.6 Å². The highest BCUT2D eigenvalue weighted by atomic mass is 35.5. The second-order valence-electron chi connectivity index (χ2n) is 4.23. The molecule has 1 aromatic carbocycles. The van der Waals surface area contributed by atoms with Crippen molar-refractivity contribution in [2.24, 2.45) is 5.92 Å². The molecule has 0 aromatic heterocycles. The Labute approximate surface area is 101 Å². The molecule has 2 rings (SSSR count). The van der Waals surface area contributed by atoms with E-state index in [1.54, 1.807) is 0 Å². The first kappa shape index (κ1) is 11.3. The number of nitrogens with one attached hydrogen (secondary N) is 1. The molecule has 1 nitrogen and oxygen atoms in total. The van der Waals surface area contributed by atoms with Gasteiger partial charge in [0.05, 0.1) is 5.37 Å². The van der Waals surface area contributed by atoms with Crippen LogP contribution in [0.2, 0.25) is 5.02 Å². The standard InChI is InChI=1S/C12H16ClNS/c1-8-6-14-12(15-7-8)11-4-3-10(13)5-9(11)2/h3-5,8,12,14H,6-7H2,1-2H3. The van der Waals surface area contributed by atoms with Crippen LogP contribution >= 0.6 is 23.4 Å². The third-order valence-electron chi connectivity index (χ3n) is 2.71. The molecule has 2 unspecified atom stereocenters. The normalized spacial score (nSPS) is 26.6. The predicted octanol–water partition coefficient (Wildman–Crippen LogP) is 3.62. The number of halogens is 1. The summed E-state index contributed by atoms with van der Waals surface area (Å²) in [5.41, 5.74) is 2.65. The topological polar surface area (TPSA) is 12.0 Å². The Bertz CT molecular complexity index is 345. The minimum atomic E-state index is 0.443. The Morgan fingerprint density at radius 3 is 2.87 bits per heavy atom. The predicted molar refractivity (Wildman–Crippen MR) is 68.6 cm³/mol. The summed E-state index contributed by atoms with van der Waals surface area (Å²) in [7, 11) is 0. The first-order valence-corrected chi connectivity index (χ1v) is 6.70. The van der Waals surface area contributed by atoms with Crippen molar-refractivity contribution in [2.75, 3.05) is 12.3 Å². The van der Waals surface area contributed by atoms with E-state index in [1.807, 2.05) is 23.9 Å². The molecule has 1 saturated heterocycles. The average molecular weight is 242 g/mol. The number of hydrogen-bond donors (Lipinski definition) is 1. The van der Waals surface area contributed by atoms with E-state index < -0.39 is 0 Å². The lowest BCUT2D eigenvalue weighted by Crippen LogP contribution is -2.31. The monoisotopic (exact) mass is 241 g/mol. The molecular formula is C12H16ClNS. The van der Waals surface area contributed by atoms with Crippen LogP contribution in [-0.2, 0) is 0 Å². The van der Waals surface area contributed by atoms with Crippen LogP contribution in [0.5, 0.6) is 0 Å². The highest BCUT2D eigenvalue weighted by molar-refractivity contribution is 7.99. The Balaban J connectivity index is 2.15. The molecule has 0 radical (unpaired) electrons. The summed E-state index contributed by atoms with van der Waals surface area (Å²) in [5, 5.41) is 4.83. The van der Waals surface area contributed by atoms with Gasteiger partial charge in [-0.25, -0.2) is 0 Å². The summed E-state index contributed by atoms with van der Waals surface area (Å²) >= 11 is 7.94. The zero-order chi connectivity index (χ0) is 10.8. The highest BCUT2D eigenvalue weighted by Crippen LogP contribution is 2.33. The van der Waals surface area contributed by atoms with Gasteiger partial charge in [0.25, 0.3) is 0 Å². The van der Waals surface area contributed by atoms with Crippen LogP contribution in [0.4, 0.5) is 0 Å². The van der Waals surface area contributed by atoms with Crippen molar-refractivity contribution in [2.45, 2.75) is 19.2 Å². The van der Waals surface area contributed by atoms with Gasteiger partial charge in [0.2, 0.25) is 0 Å². The quantitative estimate of drug-likeness (QED) is 0.806. The van der Waals surface area contributed by atoms with Gasteiger partial charge in [-0.2, -0.15) is 0 Å². The third-order valence-corrected chi connectivity index (χ3v) is 4.46. The molecular weight excluding hydrogens is 226 g/mol. The van der Waals surface area contributed by atoms with E-state index in [0.717, 1.165) is 17.5 Å². The van der Waals surface area contributed by atoms with Crippen LogP contribution in [-0.4, -0.2) is 12.3 Å². The second kappa shape index (κ2) is 4.77. The van der Waals surface area contributed by atoms with Crippen LogP contribution in [0, 0.1) is 12.8 Å². The van der Waals surface area contributed by atoms with E-state index >= 15 is 0 Å². The van der Waals surface area contributed by atoms with Crippen LogP contribution in [0.3, 0.4) is 0 Å². The molecule has 1 heterocycles. The molecule has 1 aliphatic heterocycles. The molecule has 1 aliphatic rings. The lowest BCUT2D eigenvalue weighted by atomic mass is 10.1. The fraction of sp³-hybridized carbons (Fsp3) is 0.500. The maximum atomic E-state index is 5.95. The van der Waals surface area contributed by atoms with Crippen molar-refractivity contribution in [3.63, 3.8) is 0 Å². The van der Waals surface area contributed by atoms with Crippen molar-refractivity contribution in [3.05, 3.63) is 34.3 Å². The van der Waals surface area contributed by atoms with Crippen LogP contribution < -0.4 is 5.32 Å². The smallest absolute Gasteiger partial charge is 0.0792 e. The minimum absolute atomic E-state index is 0.443. The number of benzene rings is 1. The van der Waals surface area contributed by atoms with Crippen LogP contribution in [0.25, 0.3) is 0 Å². The lowest BCUT2D eigenvalue weighted by molar-refractivity contribution is 0.529. The molecule has 0 amide bonds. The summed E-state index contributed by atoms with van der Waals surface area (Å²) in [6.45, 7) is 5.52. The van der Waals surface area contributed by atoms with Gasteiger partial charge in [0, 0.05) is 5.02 Å². The van der Waals surface area contributed by atoms with Crippen molar-refractivity contribution in [3.8, 4) is 0 Å². The van der Waals surface area contributed by atoms with Crippen molar-refractivity contribution < 1.29 is 0 Å². The maximum absolute atomic E-state index is 5.95. The van der Waals surface area contributed by atoms with Gasteiger partial charge in [-0.15, -0.1) is 11.8 Å². The highest BCUT2D eigenvalue weighted by Gasteiger charge is 2.20. The maximum Gasteiger partial charge on any atom is 0.0792 e. The molecule has 1 aromatic rings.